The van der Waals surface area contributed by atoms with Gasteiger partial charge in [0.25, 0.3) is 0 Å². The van der Waals surface area contributed by atoms with Gasteiger partial charge in [0, 0.05) is 24.1 Å². The molecule has 0 spiro atoms. The standard InChI is InChI=1S/C17H25N3/c1-13(2)14(3)11-19-15(4)16-5-7-17(8-6-16)20-10-9-18-12-20/h5-10,12-15,19H,11H2,1-4H3. The molecule has 1 aromatic carbocycles. The van der Waals surface area contributed by atoms with E-state index in [0.717, 1.165) is 18.2 Å². The van der Waals surface area contributed by atoms with Crippen LogP contribution in [0.5, 0.6) is 0 Å². The van der Waals surface area contributed by atoms with Crippen LogP contribution in [0.4, 0.5) is 0 Å². The molecule has 3 heteroatoms. The summed E-state index contributed by atoms with van der Waals surface area (Å²) in [5.41, 5.74) is 2.47. The van der Waals surface area contributed by atoms with Crippen molar-refractivity contribution in [2.45, 2.75) is 33.7 Å². The van der Waals surface area contributed by atoms with Gasteiger partial charge >= 0.3 is 0 Å². The lowest BCUT2D eigenvalue weighted by Crippen LogP contribution is -2.26. The van der Waals surface area contributed by atoms with Gasteiger partial charge in [-0.2, -0.15) is 0 Å². The van der Waals surface area contributed by atoms with Gasteiger partial charge in [-0.05, 0) is 43.0 Å². The van der Waals surface area contributed by atoms with E-state index in [2.05, 4.69) is 62.3 Å². The van der Waals surface area contributed by atoms with Crippen molar-refractivity contribution in [1.29, 1.82) is 0 Å². The fourth-order valence-electron chi connectivity index (χ4n) is 2.06. The molecule has 2 unspecified atom stereocenters. The fourth-order valence-corrected chi connectivity index (χ4v) is 2.06. The Balaban J connectivity index is 1.96. The Kier molecular flexibility index (Phi) is 4.96. The average molecular weight is 271 g/mol. The molecular weight excluding hydrogens is 246 g/mol. The molecule has 0 aliphatic rings. The van der Waals surface area contributed by atoms with Crippen LogP contribution >= 0.6 is 0 Å². The number of imidazole rings is 1. The summed E-state index contributed by atoms with van der Waals surface area (Å²) >= 11 is 0. The summed E-state index contributed by atoms with van der Waals surface area (Å²) in [4.78, 5) is 4.07. The first-order valence-electron chi connectivity index (χ1n) is 7.39. The van der Waals surface area contributed by atoms with Crippen LogP contribution in [0.15, 0.2) is 43.0 Å². The Morgan fingerprint density at radius 2 is 1.80 bits per heavy atom. The van der Waals surface area contributed by atoms with Crippen molar-refractivity contribution < 1.29 is 0 Å². The number of nitrogens with zero attached hydrogens (tertiary/aromatic N) is 2. The minimum absolute atomic E-state index is 0.382. The highest BCUT2D eigenvalue weighted by atomic mass is 15.0. The highest BCUT2D eigenvalue weighted by Gasteiger charge is 2.10. The van der Waals surface area contributed by atoms with Crippen LogP contribution in [0.3, 0.4) is 0 Å². The average Bonchev–Trinajstić information content (AvgIpc) is 2.98. The van der Waals surface area contributed by atoms with Gasteiger partial charge in [0.15, 0.2) is 0 Å². The molecule has 1 heterocycles. The summed E-state index contributed by atoms with van der Waals surface area (Å²) in [6.45, 7) is 10.1. The van der Waals surface area contributed by atoms with E-state index in [1.807, 2.05) is 17.1 Å². The van der Waals surface area contributed by atoms with Crippen LogP contribution in [-0.4, -0.2) is 16.1 Å². The lowest BCUT2D eigenvalue weighted by molar-refractivity contribution is 0.375. The van der Waals surface area contributed by atoms with E-state index in [4.69, 9.17) is 0 Å². The molecule has 0 saturated heterocycles. The predicted molar refractivity (Wildman–Crippen MR) is 84.0 cm³/mol. The van der Waals surface area contributed by atoms with Gasteiger partial charge in [-0.1, -0.05) is 32.9 Å². The van der Waals surface area contributed by atoms with Crippen molar-refractivity contribution in [1.82, 2.24) is 14.9 Å². The maximum absolute atomic E-state index is 4.07. The first-order chi connectivity index (χ1) is 9.58. The van der Waals surface area contributed by atoms with Crippen LogP contribution < -0.4 is 5.32 Å². The van der Waals surface area contributed by atoms with Gasteiger partial charge in [-0.3, -0.25) is 0 Å². The summed E-state index contributed by atoms with van der Waals surface area (Å²) in [7, 11) is 0. The highest BCUT2D eigenvalue weighted by Crippen LogP contribution is 2.17. The molecule has 0 saturated carbocycles. The summed E-state index contributed by atoms with van der Waals surface area (Å²) in [5, 5.41) is 3.62. The summed E-state index contributed by atoms with van der Waals surface area (Å²) in [5.74, 6) is 1.42. The van der Waals surface area contributed by atoms with Gasteiger partial charge in [-0.25, -0.2) is 4.98 Å². The van der Waals surface area contributed by atoms with Crippen molar-refractivity contribution in [3.63, 3.8) is 0 Å². The monoisotopic (exact) mass is 271 g/mol. The van der Waals surface area contributed by atoms with E-state index in [1.165, 1.54) is 5.56 Å². The number of benzene rings is 1. The Labute approximate surface area is 122 Å². The van der Waals surface area contributed by atoms with Gasteiger partial charge in [-0.15, -0.1) is 0 Å². The summed E-state index contributed by atoms with van der Waals surface area (Å²) < 4.78 is 2.02. The molecular formula is C17H25N3. The molecule has 1 N–H and O–H groups in total. The summed E-state index contributed by atoms with van der Waals surface area (Å²) in [6.07, 6.45) is 5.58. The maximum atomic E-state index is 4.07. The van der Waals surface area contributed by atoms with E-state index >= 15 is 0 Å². The largest absolute Gasteiger partial charge is 0.310 e. The van der Waals surface area contributed by atoms with Crippen LogP contribution in [0.2, 0.25) is 0 Å². The number of hydrogen-bond acceptors (Lipinski definition) is 2. The first kappa shape index (κ1) is 14.8. The molecule has 0 amide bonds. The van der Waals surface area contributed by atoms with E-state index < -0.39 is 0 Å². The quantitative estimate of drug-likeness (QED) is 0.865. The number of rotatable bonds is 6. The van der Waals surface area contributed by atoms with Crippen LogP contribution in [-0.2, 0) is 0 Å². The van der Waals surface area contributed by atoms with E-state index in [-0.39, 0.29) is 0 Å². The Morgan fingerprint density at radius 3 is 2.35 bits per heavy atom. The van der Waals surface area contributed by atoms with E-state index in [9.17, 15) is 0 Å². The second kappa shape index (κ2) is 6.71. The zero-order valence-electron chi connectivity index (χ0n) is 12.9. The molecule has 20 heavy (non-hydrogen) atoms. The lowest BCUT2D eigenvalue weighted by atomic mass is 9.97. The molecule has 0 fully saturated rings. The zero-order valence-corrected chi connectivity index (χ0v) is 12.9. The second-order valence-electron chi connectivity index (χ2n) is 5.91. The fraction of sp³-hybridized carbons (Fsp3) is 0.471. The minimum Gasteiger partial charge on any atom is -0.310 e. The third kappa shape index (κ3) is 3.70. The number of hydrogen-bond donors (Lipinski definition) is 1. The predicted octanol–water partition coefficient (Wildman–Crippen LogP) is 3.82. The van der Waals surface area contributed by atoms with Crippen LogP contribution in [0.25, 0.3) is 5.69 Å². The van der Waals surface area contributed by atoms with Crippen molar-refractivity contribution in [3.05, 3.63) is 48.5 Å². The highest BCUT2D eigenvalue weighted by molar-refractivity contribution is 5.35. The lowest BCUT2D eigenvalue weighted by Gasteiger charge is -2.20. The minimum atomic E-state index is 0.382. The Hall–Kier alpha value is -1.61. The first-order valence-corrected chi connectivity index (χ1v) is 7.39. The van der Waals surface area contributed by atoms with Crippen molar-refractivity contribution in [2.24, 2.45) is 11.8 Å². The molecule has 2 rings (SSSR count). The molecule has 0 aliphatic carbocycles. The molecule has 0 aliphatic heterocycles. The van der Waals surface area contributed by atoms with Crippen molar-refractivity contribution in [3.8, 4) is 5.69 Å². The molecule has 3 nitrogen and oxygen atoms in total. The molecule has 108 valence electrons. The third-order valence-electron chi connectivity index (χ3n) is 4.08. The number of nitrogens with one attached hydrogen (secondary N) is 1. The molecule has 0 bridgehead atoms. The van der Waals surface area contributed by atoms with E-state index in [1.54, 1.807) is 6.20 Å². The number of aromatic nitrogens is 2. The van der Waals surface area contributed by atoms with Gasteiger partial charge in [0.1, 0.15) is 0 Å². The SMILES string of the molecule is CC(NCC(C)C(C)C)c1ccc(-n2ccnc2)cc1. The third-order valence-corrected chi connectivity index (χ3v) is 4.08. The van der Waals surface area contributed by atoms with Crippen LogP contribution in [0, 0.1) is 11.8 Å². The molecule has 2 aromatic rings. The Bertz CT molecular complexity index is 500. The van der Waals surface area contributed by atoms with Gasteiger partial charge in [0.2, 0.25) is 0 Å². The van der Waals surface area contributed by atoms with Crippen molar-refractivity contribution >= 4 is 0 Å². The topological polar surface area (TPSA) is 29.9 Å². The molecule has 1 aromatic heterocycles. The smallest absolute Gasteiger partial charge is 0.0991 e. The van der Waals surface area contributed by atoms with Crippen molar-refractivity contribution in [2.75, 3.05) is 6.54 Å². The molecule has 2 atom stereocenters. The zero-order chi connectivity index (χ0) is 14.5. The van der Waals surface area contributed by atoms with Gasteiger partial charge in [0.05, 0.1) is 6.33 Å². The Morgan fingerprint density at radius 1 is 1.10 bits per heavy atom. The summed E-state index contributed by atoms with van der Waals surface area (Å²) in [6, 6.07) is 9.04. The second-order valence-corrected chi connectivity index (χ2v) is 5.91. The normalized spacial score (nSPS) is 14.4. The molecule has 0 radical (unpaired) electrons. The van der Waals surface area contributed by atoms with E-state index in [0.29, 0.717) is 12.0 Å². The van der Waals surface area contributed by atoms with Gasteiger partial charge < -0.3 is 9.88 Å². The maximum Gasteiger partial charge on any atom is 0.0991 e. The van der Waals surface area contributed by atoms with Crippen LogP contribution in [0.1, 0.15) is 39.3 Å².